The van der Waals surface area contributed by atoms with Gasteiger partial charge < -0.3 is 20.4 Å². The van der Waals surface area contributed by atoms with E-state index in [0.29, 0.717) is 25.4 Å². The monoisotopic (exact) mass is 343 g/mol. The molecule has 1 aromatic heterocycles. The summed E-state index contributed by atoms with van der Waals surface area (Å²) in [5.41, 5.74) is 6.81. The van der Waals surface area contributed by atoms with Crippen molar-refractivity contribution in [2.45, 2.75) is 32.6 Å². The van der Waals surface area contributed by atoms with Crippen LogP contribution in [-0.4, -0.2) is 41.4 Å². The van der Waals surface area contributed by atoms with Gasteiger partial charge in [-0.2, -0.15) is 0 Å². The van der Waals surface area contributed by atoms with Crippen molar-refractivity contribution in [3.05, 3.63) is 30.0 Å². The second-order valence-electron chi connectivity index (χ2n) is 6.63. The number of ether oxygens (including phenoxy) is 1. The van der Waals surface area contributed by atoms with E-state index >= 15 is 0 Å². The van der Waals surface area contributed by atoms with Crippen molar-refractivity contribution in [2.24, 2.45) is 11.7 Å². The summed E-state index contributed by atoms with van der Waals surface area (Å²) in [5, 5.41) is 0.967. The molecule has 1 aliphatic rings. The molecule has 0 radical (unpaired) electrons. The van der Waals surface area contributed by atoms with Crippen LogP contribution in [0.4, 0.5) is 0 Å². The van der Waals surface area contributed by atoms with Crippen molar-refractivity contribution in [1.29, 1.82) is 0 Å². The summed E-state index contributed by atoms with van der Waals surface area (Å²) >= 11 is 0. The predicted molar refractivity (Wildman–Crippen MR) is 96.5 cm³/mol. The molecule has 0 bridgehead atoms. The van der Waals surface area contributed by atoms with E-state index < -0.39 is 0 Å². The number of rotatable bonds is 6. The van der Waals surface area contributed by atoms with Crippen LogP contribution in [0.25, 0.3) is 10.9 Å². The summed E-state index contributed by atoms with van der Waals surface area (Å²) in [6.45, 7) is 3.87. The maximum Gasteiger partial charge on any atom is 0.270 e. The van der Waals surface area contributed by atoms with Gasteiger partial charge in [-0.1, -0.05) is 13.3 Å². The molecule has 0 aliphatic carbocycles. The number of benzene rings is 1. The molecular weight excluding hydrogens is 318 g/mol. The van der Waals surface area contributed by atoms with Gasteiger partial charge >= 0.3 is 0 Å². The highest BCUT2D eigenvalue weighted by Crippen LogP contribution is 2.24. The molecule has 6 nitrogen and oxygen atoms in total. The standard InChI is InChI=1S/C19H25N3O3/c1-2-3-9-25-15-7-6-13-10-17(21-16(13)11-15)19(24)22-8-4-5-14(12-22)18(20)23/h6-7,10-11,14,21H,2-5,8-9,12H2,1H3,(H2,20,23)/t14-/m1/s1. The molecule has 134 valence electrons. The number of piperidine rings is 1. The zero-order valence-electron chi connectivity index (χ0n) is 14.6. The molecule has 3 rings (SSSR count). The van der Waals surface area contributed by atoms with Gasteiger partial charge in [-0.3, -0.25) is 9.59 Å². The van der Waals surface area contributed by atoms with Crippen LogP contribution in [0.3, 0.4) is 0 Å². The van der Waals surface area contributed by atoms with Crippen LogP contribution in [0.15, 0.2) is 24.3 Å². The number of nitrogens with zero attached hydrogens (tertiary/aromatic N) is 1. The SMILES string of the molecule is CCCCOc1ccc2cc(C(=O)N3CCC[C@@H](C(N)=O)C3)[nH]c2c1. The summed E-state index contributed by atoms with van der Waals surface area (Å²) in [4.78, 5) is 29.0. The van der Waals surface area contributed by atoms with Gasteiger partial charge in [-0.25, -0.2) is 0 Å². The summed E-state index contributed by atoms with van der Waals surface area (Å²) < 4.78 is 5.71. The highest BCUT2D eigenvalue weighted by molar-refractivity contribution is 5.98. The van der Waals surface area contributed by atoms with Gasteiger partial charge in [0.05, 0.1) is 12.5 Å². The van der Waals surface area contributed by atoms with E-state index in [1.165, 1.54) is 0 Å². The van der Waals surface area contributed by atoms with Crippen LogP contribution in [-0.2, 0) is 4.79 Å². The molecule has 6 heteroatoms. The summed E-state index contributed by atoms with van der Waals surface area (Å²) in [5.74, 6) is 0.132. The van der Waals surface area contributed by atoms with E-state index in [1.54, 1.807) is 4.90 Å². The van der Waals surface area contributed by atoms with Crippen LogP contribution in [0, 0.1) is 5.92 Å². The predicted octanol–water partition coefficient (Wildman–Crippen LogP) is 2.68. The van der Waals surface area contributed by atoms with Gasteiger partial charge in [0.1, 0.15) is 11.4 Å². The fourth-order valence-electron chi connectivity index (χ4n) is 3.21. The highest BCUT2D eigenvalue weighted by Gasteiger charge is 2.28. The lowest BCUT2D eigenvalue weighted by atomic mass is 9.97. The zero-order valence-corrected chi connectivity index (χ0v) is 14.6. The fourth-order valence-corrected chi connectivity index (χ4v) is 3.21. The first-order chi connectivity index (χ1) is 12.1. The summed E-state index contributed by atoms with van der Waals surface area (Å²) in [6.07, 6.45) is 3.66. The molecule has 0 spiro atoms. The molecule has 1 aliphatic heterocycles. The van der Waals surface area contributed by atoms with E-state index in [4.69, 9.17) is 10.5 Å². The number of primary amides is 1. The van der Waals surface area contributed by atoms with Crippen LogP contribution < -0.4 is 10.5 Å². The number of hydrogen-bond donors (Lipinski definition) is 2. The van der Waals surface area contributed by atoms with E-state index in [0.717, 1.165) is 42.3 Å². The lowest BCUT2D eigenvalue weighted by Crippen LogP contribution is -2.44. The Morgan fingerprint density at radius 1 is 1.36 bits per heavy atom. The number of nitrogens with one attached hydrogen (secondary N) is 1. The van der Waals surface area contributed by atoms with Gasteiger partial charge in [0.25, 0.3) is 5.91 Å². The van der Waals surface area contributed by atoms with E-state index in [-0.39, 0.29) is 17.7 Å². The molecular formula is C19H25N3O3. The van der Waals surface area contributed by atoms with E-state index in [2.05, 4.69) is 11.9 Å². The summed E-state index contributed by atoms with van der Waals surface area (Å²) in [7, 11) is 0. The maximum absolute atomic E-state index is 12.7. The zero-order chi connectivity index (χ0) is 17.8. The Hall–Kier alpha value is -2.50. The van der Waals surface area contributed by atoms with Crippen molar-refractivity contribution >= 4 is 22.7 Å². The van der Waals surface area contributed by atoms with E-state index in [1.807, 2.05) is 24.3 Å². The molecule has 2 heterocycles. The Morgan fingerprint density at radius 2 is 2.20 bits per heavy atom. The molecule has 1 fully saturated rings. The third-order valence-corrected chi connectivity index (χ3v) is 4.70. The van der Waals surface area contributed by atoms with Gasteiger partial charge in [0, 0.05) is 30.1 Å². The number of hydrogen-bond acceptors (Lipinski definition) is 3. The molecule has 2 amide bonds. The average molecular weight is 343 g/mol. The largest absolute Gasteiger partial charge is 0.494 e. The van der Waals surface area contributed by atoms with Gasteiger partial charge in [0.15, 0.2) is 0 Å². The second-order valence-corrected chi connectivity index (χ2v) is 6.63. The number of H-pyrrole nitrogens is 1. The number of aromatic nitrogens is 1. The number of aromatic amines is 1. The van der Waals surface area contributed by atoms with Gasteiger partial charge in [-0.05, 0) is 37.5 Å². The lowest BCUT2D eigenvalue weighted by Gasteiger charge is -2.30. The summed E-state index contributed by atoms with van der Waals surface area (Å²) in [6, 6.07) is 7.64. The molecule has 1 aromatic carbocycles. The first-order valence-corrected chi connectivity index (χ1v) is 8.92. The van der Waals surface area contributed by atoms with Crippen molar-refractivity contribution in [2.75, 3.05) is 19.7 Å². The normalized spacial score (nSPS) is 17.6. The number of unbranched alkanes of at least 4 members (excludes halogenated alkanes) is 1. The first kappa shape index (κ1) is 17.3. The van der Waals surface area contributed by atoms with Crippen LogP contribution >= 0.6 is 0 Å². The molecule has 1 atom stereocenters. The minimum absolute atomic E-state index is 0.0874. The number of likely N-dealkylation sites (tertiary alicyclic amines) is 1. The lowest BCUT2D eigenvalue weighted by molar-refractivity contribution is -0.123. The first-order valence-electron chi connectivity index (χ1n) is 8.92. The Balaban J connectivity index is 1.74. The van der Waals surface area contributed by atoms with Crippen molar-refractivity contribution in [3.8, 4) is 5.75 Å². The number of carbonyl (C=O) groups is 2. The molecule has 25 heavy (non-hydrogen) atoms. The van der Waals surface area contributed by atoms with Crippen molar-refractivity contribution < 1.29 is 14.3 Å². The Morgan fingerprint density at radius 3 is 2.96 bits per heavy atom. The van der Waals surface area contributed by atoms with Crippen LogP contribution in [0.5, 0.6) is 5.75 Å². The van der Waals surface area contributed by atoms with Gasteiger partial charge in [0.2, 0.25) is 5.91 Å². The molecule has 2 aromatic rings. The van der Waals surface area contributed by atoms with Gasteiger partial charge in [-0.15, -0.1) is 0 Å². The van der Waals surface area contributed by atoms with Crippen molar-refractivity contribution in [1.82, 2.24) is 9.88 Å². The molecule has 3 N–H and O–H groups in total. The Kier molecular flexibility index (Phi) is 5.26. The number of fused-ring (bicyclic) bond motifs is 1. The topological polar surface area (TPSA) is 88.4 Å². The highest BCUT2D eigenvalue weighted by atomic mass is 16.5. The second kappa shape index (κ2) is 7.59. The Labute approximate surface area is 147 Å². The fraction of sp³-hybridized carbons (Fsp3) is 0.474. The maximum atomic E-state index is 12.7. The molecule has 0 saturated carbocycles. The quantitative estimate of drug-likeness (QED) is 0.790. The minimum Gasteiger partial charge on any atom is -0.494 e. The van der Waals surface area contributed by atoms with Crippen molar-refractivity contribution in [3.63, 3.8) is 0 Å². The smallest absolute Gasteiger partial charge is 0.270 e. The average Bonchev–Trinajstić information content (AvgIpc) is 3.04. The van der Waals surface area contributed by atoms with Crippen LogP contribution in [0.1, 0.15) is 43.1 Å². The number of amides is 2. The number of nitrogens with two attached hydrogens (primary N) is 1. The molecule has 0 unspecified atom stereocenters. The third kappa shape index (κ3) is 3.95. The Bertz CT molecular complexity index is 768. The minimum atomic E-state index is -0.331. The number of carbonyl (C=O) groups excluding carboxylic acids is 2. The molecule has 1 saturated heterocycles. The third-order valence-electron chi connectivity index (χ3n) is 4.70. The van der Waals surface area contributed by atoms with Crippen LogP contribution in [0.2, 0.25) is 0 Å². The van der Waals surface area contributed by atoms with E-state index in [9.17, 15) is 9.59 Å².